The summed E-state index contributed by atoms with van der Waals surface area (Å²) in [7, 11) is 0. The summed E-state index contributed by atoms with van der Waals surface area (Å²) in [5.74, 6) is 1.45. The maximum atomic E-state index is 4.61. The average Bonchev–Trinajstić information content (AvgIpc) is 2.59. The van der Waals surface area contributed by atoms with Gasteiger partial charge in [-0.25, -0.2) is 4.98 Å². The number of anilines is 2. The smallest absolute Gasteiger partial charge is 0.225 e. The van der Waals surface area contributed by atoms with E-state index in [-0.39, 0.29) is 0 Å². The molecule has 0 saturated heterocycles. The summed E-state index contributed by atoms with van der Waals surface area (Å²) >= 11 is 0. The van der Waals surface area contributed by atoms with Crippen molar-refractivity contribution in [2.24, 2.45) is 0 Å². The van der Waals surface area contributed by atoms with Crippen LogP contribution in [0.1, 0.15) is 11.1 Å². The lowest BCUT2D eigenvalue weighted by atomic mass is 10.1. The number of aromatic nitrogens is 2. The third-order valence-corrected chi connectivity index (χ3v) is 3.56. The van der Waals surface area contributed by atoms with Gasteiger partial charge in [0.2, 0.25) is 5.95 Å². The van der Waals surface area contributed by atoms with Crippen molar-refractivity contribution < 1.29 is 0 Å². The third kappa shape index (κ3) is 3.66. The van der Waals surface area contributed by atoms with Gasteiger partial charge in [0.15, 0.2) is 0 Å². The van der Waals surface area contributed by atoms with E-state index in [0.717, 1.165) is 23.3 Å². The third-order valence-electron chi connectivity index (χ3n) is 3.56. The SMILES string of the molecule is C=CCNc1nc(NCc2ccccc2)c2cc(C)ccc2n1. The number of aryl methyl sites for hydroxylation is 1. The normalized spacial score (nSPS) is 10.5. The van der Waals surface area contributed by atoms with E-state index in [2.05, 4.69) is 58.4 Å². The fourth-order valence-electron chi connectivity index (χ4n) is 2.40. The number of benzene rings is 2. The van der Waals surface area contributed by atoms with Crippen LogP contribution in [-0.4, -0.2) is 16.5 Å². The van der Waals surface area contributed by atoms with Crippen LogP contribution in [0.5, 0.6) is 0 Å². The van der Waals surface area contributed by atoms with Gasteiger partial charge in [-0.05, 0) is 24.6 Å². The van der Waals surface area contributed by atoms with Crippen LogP contribution in [0.2, 0.25) is 0 Å². The van der Waals surface area contributed by atoms with E-state index >= 15 is 0 Å². The molecule has 4 nitrogen and oxygen atoms in total. The number of hydrogen-bond acceptors (Lipinski definition) is 4. The molecular formula is C19H20N4. The second-order valence-corrected chi connectivity index (χ2v) is 5.43. The van der Waals surface area contributed by atoms with Gasteiger partial charge in [0.25, 0.3) is 0 Å². The quantitative estimate of drug-likeness (QED) is 0.672. The molecule has 0 fully saturated rings. The molecule has 0 unspecified atom stereocenters. The van der Waals surface area contributed by atoms with Crippen molar-refractivity contribution >= 4 is 22.7 Å². The molecule has 0 amide bonds. The highest BCUT2D eigenvalue weighted by Crippen LogP contribution is 2.23. The van der Waals surface area contributed by atoms with Gasteiger partial charge >= 0.3 is 0 Å². The first-order chi connectivity index (χ1) is 11.3. The number of rotatable bonds is 6. The molecule has 0 aliphatic rings. The Bertz CT molecular complexity index is 812. The van der Waals surface area contributed by atoms with E-state index in [9.17, 15) is 0 Å². The van der Waals surface area contributed by atoms with E-state index in [1.54, 1.807) is 6.08 Å². The Morgan fingerprint density at radius 3 is 2.65 bits per heavy atom. The number of fused-ring (bicyclic) bond motifs is 1. The summed E-state index contributed by atoms with van der Waals surface area (Å²) in [6.45, 7) is 7.15. The Balaban J connectivity index is 1.94. The van der Waals surface area contributed by atoms with Gasteiger partial charge in [-0.2, -0.15) is 4.98 Å². The lowest BCUT2D eigenvalue weighted by Crippen LogP contribution is -2.08. The van der Waals surface area contributed by atoms with Crippen molar-refractivity contribution in [2.45, 2.75) is 13.5 Å². The van der Waals surface area contributed by atoms with Gasteiger partial charge < -0.3 is 10.6 Å². The number of nitrogens with one attached hydrogen (secondary N) is 2. The van der Waals surface area contributed by atoms with Gasteiger partial charge in [0.05, 0.1) is 5.52 Å². The molecule has 0 bridgehead atoms. The Morgan fingerprint density at radius 2 is 1.87 bits per heavy atom. The maximum absolute atomic E-state index is 4.61. The first kappa shape index (κ1) is 15.0. The number of nitrogens with zero attached hydrogens (tertiary/aromatic N) is 2. The van der Waals surface area contributed by atoms with Crippen LogP contribution >= 0.6 is 0 Å². The first-order valence-corrected chi connectivity index (χ1v) is 7.67. The van der Waals surface area contributed by atoms with Gasteiger partial charge in [0.1, 0.15) is 5.82 Å². The molecule has 0 atom stereocenters. The predicted octanol–water partition coefficient (Wildman–Crippen LogP) is 4.15. The van der Waals surface area contributed by atoms with Crippen LogP contribution in [0.15, 0.2) is 61.2 Å². The van der Waals surface area contributed by atoms with Gasteiger partial charge in [-0.15, -0.1) is 6.58 Å². The zero-order chi connectivity index (χ0) is 16.1. The highest BCUT2D eigenvalue weighted by atomic mass is 15.1. The fraction of sp³-hybridized carbons (Fsp3) is 0.158. The molecule has 3 rings (SSSR count). The maximum Gasteiger partial charge on any atom is 0.225 e. The van der Waals surface area contributed by atoms with E-state index in [4.69, 9.17) is 0 Å². The Kier molecular flexibility index (Phi) is 4.52. The first-order valence-electron chi connectivity index (χ1n) is 7.67. The standard InChI is InChI=1S/C19H20N4/c1-3-11-20-19-22-17-10-9-14(2)12-16(17)18(23-19)21-13-15-7-5-4-6-8-15/h3-10,12H,1,11,13H2,2H3,(H2,20,21,22,23). The average molecular weight is 304 g/mol. The minimum atomic E-state index is 0.608. The predicted molar refractivity (Wildman–Crippen MR) is 96.7 cm³/mol. The Morgan fingerprint density at radius 1 is 1.04 bits per heavy atom. The Hall–Kier alpha value is -2.88. The lowest BCUT2D eigenvalue weighted by Gasteiger charge is -2.12. The second-order valence-electron chi connectivity index (χ2n) is 5.43. The van der Waals surface area contributed by atoms with Crippen molar-refractivity contribution in [3.8, 4) is 0 Å². The minimum absolute atomic E-state index is 0.608. The summed E-state index contributed by atoms with van der Waals surface area (Å²) in [5, 5.41) is 7.62. The van der Waals surface area contributed by atoms with E-state index in [1.165, 1.54) is 11.1 Å². The molecule has 0 aliphatic carbocycles. The van der Waals surface area contributed by atoms with Crippen molar-refractivity contribution in [3.05, 3.63) is 72.3 Å². The van der Waals surface area contributed by atoms with Crippen molar-refractivity contribution in [1.82, 2.24) is 9.97 Å². The second kappa shape index (κ2) is 6.92. The molecule has 3 aromatic rings. The molecule has 0 spiro atoms. The van der Waals surface area contributed by atoms with Crippen molar-refractivity contribution in [1.29, 1.82) is 0 Å². The van der Waals surface area contributed by atoms with Crippen LogP contribution in [0.25, 0.3) is 10.9 Å². The molecule has 1 heterocycles. The topological polar surface area (TPSA) is 49.8 Å². The molecule has 23 heavy (non-hydrogen) atoms. The van der Waals surface area contributed by atoms with Gasteiger partial charge in [-0.3, -0.25) is 0 Å². The number of hydrogen-bond donors (Lipinski definition) is 2. The molecule has 2 aromatic carbocycles. The lowest BCUT2D eigenvalue weighted by molar-refractivity contribution is 1.09. The van der Waals surface area contributed by atoms with Crippen molar-refractivity contribution in [3.63, 3.8) is 0 Å². The van der Waals surface area contributed by atoms with Crippen LogP contribution in [-0.2, 0) is 6.54 Å². The molecular weight excluding hydrogens is 284 g/mol. The van der Waals surface area contributed by atoms with Crippen LogP contribution < -0.4 is 10.6 Å². The van der Waals surface area contributed by atoms with E-state index < -0.39 is 0 Å². The largest absolute Gasteiger partial charge is 0.365 e. The summed E-state index contributed by atoms with van der Waals surface area (Å²) in [4.78, 5) is 9.17. The molecule has 0 radical (unpaired) electrons. The summed E-state index contributed by atoms with van der Waals surface area (Å²) < 4.78 is 0. The Labute approximate surface area is 136 Å². The highest BCUT2D eigenvalue weighted by molar-refractivity contribution is 5.90. The van der Waals surface area contributed by atoms with Gasteiger partial charge in [-0.1, -0.05) is 48.0 Å². The molecule has 2 N–H and O–H groups in total. The zero-order valence-electron chi connectivity index (χ0n) is 13.2. The zero-order valence-corrected chi connectivity index (χ0v) is 13.2. The molecule has 4 heteroatoms. The van der Waals surface area contributed by atoms with Crippen LogP contribution in [0.4, 0.5) is 11.8 Å². The molecule has 116 valence electrons. The minimum Gasteiger partial charge on any atom is -0.365 e. The molecule has 1 aromatic heterocycles. The van der Waals surface area contributed by atoms with Gasteiger partial charge in [0, 0.05) is 18.5 Å². The van der Waals surface area contributed by atoms with Crippen LogP contribution in [0, 0.1) is 6.92 Å². The fourth-order valence-corrected chi connectivity index (χ4v) is 2.40. The van der Waals surface area contributed by atoms with E-state index in [1.807, 2.05) is 24.3 Å². The summed E-state index contributed by atoms with van der Waals surface area (Å²) in [6.07, 6.45) is 1.79. The summed E-state index contributed by atoms with van der Waals surface area (Å²) in [5.41, 5.74) is 3.33. The highest BCUT2D eigenvalue weighted by Gasteiger charge is 2.07. The summed E-state index contributed by atoms with van der Waals surface area (Å²) in [6, 6.07) is 16.5. The van der Waals surface area contributed by atoms with Crippen molar-refractivity contribution in [2.75, 3.05) is 17.2 Å². The van der Waals surface area contributed by atoms with E-state index in [0.29, 0.717) is 12.5 Å². The molecule has 0 saturated carbocycles. The van der Waals surface area contributed by atoms with Crippen LogP contribution in [0.3, 0.4) is 0 Å². The molecule has 0 aliphatic heterocycles. The monoisotopic (exact) mass is 304 g/mol.